The van der Waals surface area contributed by atoms with E-state index in [9.17, 15) is 0 Å². The Morgan fingerprint density at radius 2 is 1.80 bits per heavy atom. The SMILES string of the molecule is C/C=C/[S-].[Li+]. The van der Waals surface area contributed by atoms with Crippen LogP contribution in [0.3, 0.4) is 0 Å². The van der Waals surface area contributed by atoms with Gasteiger partial charge in [0.25, 0.3) is 0 Å². The summed E-state index contributed by atoms with van der Waals surface area (Å²) in [4.78, 5) is 0. The second-order valence-corrected chi connectivity index (χ2v) is 0.742. The second-order valence-electron chi connectivity index (χ2n) is 0.469. The third-order valence-corrected chi connectivity index (χ3v) is 0.408. The molecule has 0 rings (SSSR count). The van der Waals surface area contributed by atoms with Gasteiger partial charge < -0.3 is 12.6 Å². The van der Waals surface area contributed by atoms with Crippen molar-refractivity contribution in [3.63, 3.8) is 0 Å². The van der Waals surface area contributed by atoms with Crippen LogP contribution in [-0.4, -0.2) is 0 Å². The normalized spacial score (nSPS) is 7.40. The van der Waals surface area contributed by atoms with Crippen molar-refractivity contribution in [1.82, 2.24) is 0 Å². The largest absolute Gasteiger partial charge is 1.00 e. The minimum absolute atomic E-state index is 0. The molecule has 0 amide bonds. The average Bonchev–Trinajstić information content (AvgIpc) is 1.37. The van der Waals surface area contributed by atoms with Crippen LogP contribution < -0.4 is 18.9 Å². The van der Waals surface area contributed by atoms with Gasteiger partial charge in [0.1, 0.15) is 0 Å². The summed E-state index contributed by atoms with van der Waals surface area (Å²) >= 11 is 4.37. The zero-order chi connectivity index (χ0) is 3.41. The number of hydrogen-bond donors (Lipinski definition) is 0. The first-order chi connectivity index (χ1) is 1.91. The fourth-order valence-corrected chi connectivity index (χ4v) is 0. The molecule has 0 aliphatic carbocycles. The molecule has 0 fully saturated rings. The van der Waals surface area contributed by atoms with Crippen molar-refractivity contribution in [2.75, 3.05) is 0 Å². The Kier molecular flexibility index (Phi) is 16.1. The minimum atomic E-state index is 0. The third kappa shape index (κ3) is 12.3. The molecule has 2 heteroatoms. The molecule has 0 heterocycles. The molecule has 0 aromatic heterocycles. The Labute approximate surface area is 50.2 Å². The van der Waals surface area contributed by atoms with Crippen LogP contribution in [0.25, 0.3) is 0 Å². The van der Waals surface area contributed by atoms with Gasteiger partial charge in [-0.05, 0) is 6.92 Å². The summed E-state index contributed by atoms with van der Waals surface area (Å²) in [6.45, 7) is 1.90. The van der Waals surface area contributed by atoms with Crippen molar-refractivity contribution in [2.24, 2.45) is 0 Å². The molecule has 0 aliphatic heterocycles. The molecule has 0 N–H and O–H groups in total. The number of rotatable bonds is 0. The zero-order valence-electron chi connectivity index (χ0n) is 3.56. The smallest absolute Gasteiger partial charge is 0.788 e. The van der Waals surface area contributed by atoms with Crippen molar-refractivity contribution in [3.05, 3.63) is 11.5 Å². The summed E-state index contributed by atoms with van der Waals surface area (Å²) in [6, 6.07) is 0. The van der Waals surface area contributed by atoms with Gasteiger partial charge in [0.15, 0.2) is 0 Å². The molecule has 0 nitrogen and oxygen atoms in total. The van der Waals surface area contributed by atoms with Crippen molar-refractivity contribution in [2.45, 2.75) is 6.92 Å². The van der Waals surface area contributed by atoms with Gasteiger partial charge in [-0.3, -0.25) is 0 Å². The first-order valence-corrected chi connectivity index (χ1v) is 1.62. The molecular formula is C3H5LiS. The molecule has 0 atom stereocenters. The fraction of sp³-hybridized carbons (Fsp3) is 0.333. The molecule has 0 unspecified atom stereocenters. The van der Waals surface area contributed by atoms with E-state index in [0.717, 1.165) is 0 Å². The molecule has 0 aliphatic rings. The zero-order valence-corrected chi connectivity index (χ0v) is 4.38. The van der Waals surface area contributed by atoms with Gasteiger partial charge in [0.2, 0.25) is 0 Å². The van der Waals surface area contributed by atoms with E-state index in [-0.39, 0.29) is 18.9 Å². The standard InChI is InChI=1S/C3H6S.Li/c1-2-3-4;/h2-4H,1H3;/q;+1/p-1/b3-2+;. The van der Waals surface area contributed by atoms with Gasteiger partial charge in [-0.25, -0.2) is 5.41 Å². The Balaban J connectivity index is 0. The summed E-state index contributed by atoms with van der Waals surface area (Å²) in [7, 11) is 0. The molecular weight excluding hydrogens is 75.0 g/mol. The summed E-state index contributed by atoms with van der Waals surface area (Å²) in [5, 5.41) is 1.58. The van der Waals surface area contributed by atoms with Gasteiger partial charge in [-0.1, -0.05) is 0 Å². The van der Waals surface area contributed by atoms with E-state index in [1.807, 2.05) is 13.0 Å². The Morgan fingerprint density at radius 3 is 1.80 bits per heavy atom. The molecule has 5 heavy (non-hydrogen) atoms. The molecule has 0 radical (unpaired) electrons. The van der Waals surface area contributed by atoms with E-state index >= 15 is 0 Å². The van der Waals surface area contributed by atoms with Gasteiger partial charge in [-0.15, -0.1) is 6.08 Å². The van der Waals surface area contributed by atoms with Gasteiger partial charge in [0, 0.05) is 0 Å². The summed E-state index contributed by atoms with van der Waals surface area (Å²) in [5.74, 6) is 0. The number of hydrogen-bond acceptors (Lipinski definition) is 1. The maximum atomic E-state index is 4.37. The predicted molar refractivity (Wildman–Crippen MR) is 22.2 cm³/mol. The van der Waals surface area contributed by atoms with E-state index in [0.29, 0.717) is 0 Å². The third-order valence-electron chi connectivity index (χ3n) is 0.136. The quantitative estimate of drug-likeness (QED) is 0.241. The summed E-state index contributed by atoms with van der Waals surface area (Å²) in [6.07, 6.45) is 1.81. The number of allylic oxidation sites excluding steroid dienone is 1. The van der Waals surface area contributed by atoms with Gasteiger partial charge in [0.05, 0.1) is 0 Å². The topological polar surface area (TPSA) is 0 Å². The predicted octanol–water partition coefficient (Wildman–Crippen LogP) is -1.93. The van der Waals surface area contributed by atoms with Crippen LogP contribution in [-0.2, 0) is 12.6 Å². The second kappa shape index (κ2) is 8.82. The van der Waals surface area contributed by atoms with E-state index in [1.54, 1.807) is 5.41 Å². The molecule has 0 saturated heterocycles. The summed E-state index contributed by atoms with van der Waals surface area (Å²) in [5.41, 5.74) is 0. The van der Waals surface area contributed by atoms with E-state index in [2.05, 4.69) is 12.6 Å². The van der Waals surface area contributed by atoms with Crippen molar-refractivity contribution in [1.29, 1.82) is 0 Å². The fourth-order valence-electron chi connectivity index (χ4n) is 0. The molecule has 0 aromatic carbocycles. The van der Waals surface area contributed by atoms with Crippen LogP contribution in [0, 0.1) is 0 Å². The maximum Gasteiger partial charge on any atom is 1.00 e. The molecule has 0 bridgehead atoms. The van der Waals surface area contributed by atoms with Gasteiger partial charge in [-0.2, -0.15) is 0 Å². The first-order valence-electron chi connectivity index (χ1n) is 1.15. The van der Waals surface area contributed by atoms with Crippen LogP contribution in [0.2, 0.25) is 0 Å². The maximum absolute atomic E-state index is 4.37. The first kappa shape index (κ1) is 9.12. The summed E-state index contributed by atoms with van der Waals surface area (Å²) < 4.78 is 0. The van der Waals surface area contributed by atoms with E-state index in [4.69, 9.17) is 0 Å². The van der Waals surface area contributed by atoms with Crippen molar-refractivity contribution >= 4 is 12.6 Å². The van der Waals surface area contributed by atoms with Crippen LogP contribution >= 0.6 is 0 Å². The van der Waals surface area contributed by atoms with Crippen LogP contribution in [0.15, 0.2) is 11.5 Å². The van der Waals surface area contributed by atoms with Crippen LogP contribution in [0.4, 0.5) is 0 Å². The van der Waals surface area contributed by atoms with Crippen molar-refractivity contribution < 1.29 is 18.9 Å². The Bertz CT molecular complexity index is 22.1. The van der Waals surface area contributed by atoms with E-state index < -0.39 is 0 Å². The van der Waals surface area contributed by atoms with Gasteiger partial charge >= 0.3 is 18.9 Å². The average molecular weight is 80.1 g/mol. The minimum Gasteiger partial charge on any atom is -0.788 e. The molecule has 0 aromatic rings. The molecule has 24 valence electrons. The van der Waals surface area contributed by atoms with Crippen LogP contribution in [0.1, 0.15) is 6.92 Å². The molecule has 0 spiro atoms. The monoisotopic (exact) mass is 80.0 g/mol. The van der Waals surface area contributed by atoms with Crippen molar-refractivity contribution in [3.8, 4) is 0 Å². The van der Waals surface area contributed by atoms with E-state index in [1.165, 1.54) is 0 Å². The van der Waals surface area contributed by atoms with Crippen LogP contribution in [0.5, 0.6) is 0 Å². The Hall–Kier alpha value is 0.557. The molecule has 0 saturated carbocycles. The Morgan fingerprint density at radius 1 is 1.60 bits per heavy atom.